The summed E-state index contributed by atoms with van der Waals surface area (Å²) in [6.45, 7) is 3.41. The molecule has 1 aliphatic rings. The normalized spacial score (nSPS) is 15.1. The van der Waals surface area contributed by atoms with Gasteiger partial charge in [0.25, 0.3) is 0 Å². The Kier molecular flexibility index (Phi) is 3.33. The maximum Gasteiger partial charge on any atom is 0.0866 e. The molecular formula is C13H18ClN5. The van der Waals surface area contributed by atoms with Gasteiger partial charge < -0.3 is 5.32 Å². The first-order valence-electron chi connectivity index (χ1n) is 6.57. The minimum Gasteiger partial charge on any atom is -0.308 e. The van der Waals surface area contributed by atoms with E-state index in [4.69, 9.17) is 11.6 Å². The highest BCUT2D eigenvalue weighted by molar-refractivity contribution is 6.31. The van der Waals surface area contributed by atoms with E-state index in [1.165, 1.54) is 12.8 Å². The molecule has 0 radical (unpaired) electrons. The summed E-state index contributed by atoms with van der Waals surface area (Å²) in [5.41, 5.74) is 2.92. The quantitative estimate of drug-likeness (QED) is 0.909. The third kappa shape index (κ3) is 2.82. The fraction of sp³-hybridized carbons (Fsp3) is 0.538. The van der Waals surface area contributed by atoms with Crippen molar-refractivity contribution in [2.24, 2.45) is 7.05 Å². The van der Waals surface area contributed by atoms with Crippen molar-refractivity contribution in [1.82, 2.24) is 24.9 Å². The molecule has 102 valence electrons. The van der Waals surface area contributed by atoms with Gasteiger partial charge in [0.05, 0.1) is 28.6 Å². The number of hydrogen-bond acceptors (Lipinski definition) is 3. The molecule has 1 fully saturated rings. The van der Waals surface area contributed by atoms with Gasteiger partial charge in [-0.05, 0) is 25.8 Å². The highest BCUT2D eigenvalue weighted by atomic mass is 35.5. The van der Waals surface area contributed by atoms with Crippen molar-refractivity contribution >= 4 is 11.6 Å². The molecule has 1 aliphatic carbocycles. The molecule has 2 aromatic heterocycles. The molecule has 0 amide bonds. The number of halogens is 1. The van der Waals surface area contributed by atoms with Gasteiger partial charge in [-0.2, -0.15) is 10.2 Å². The van der Waals surface area contributed by atoms with Crippen LogP contribution in [0.2, 0.25) is 5.02 Å². The maximum absolute atomic E-state index is 6.24. The predicted octanol–water partition coefficient (Wildman–Crippen LogP) is 1.88. The Morgan fingerprint density at radius 3 is 2.84 bits per heavy atom. The van der Waals surface area contributed by atoms with Crippen molar-refractivity contribution < 1.29 is 0 Å². The largest absolute Gasteiger partial charge is 0.308 e. The molecule has 0 aliphatic heterocycles. The first-order valence-corrected chi connectivity index (χ1v) is 6.95. The van der Waals surface area contributed by atoms with Crippen LogP contribution in [0.4, 0.5) is 0 Å². The predicted molar refractivity (Wildman–Crippen MR) is 74.1 cm³/mol. The smallest absolute Gasteiger partial charge is 0.0866 e. The summed E-state index contributed by atoms with van der Waals surface area (Å²) >= 11 is 6.24. The topological polar surface area (TPSA) is 47.7 Å². The molecule has 2 heterocycles. The molecule has 19 heavy (non-hydrogen) atoms. The Morgan fingerprint density at radius 1 is 1.42 bits per heavy atom. The number of nitrogens with one attached hydrogen (secondary N) is 1. The van der Waals surface area contributed by atoms with Crippen molar-refractivity contribution in [1.29, 1.82) is 0 Å². The Labute approximate surface area is 117 Å². The summed E-state index contributed by atoms with van der Waals surface area (Å²) in [7, 11) is 1.91. The first-order chi connectivity index (χ1) is 9.13. The van der Waals surface area contributed by atoms with E-state index in [0.29, 0.717) is 12.6 Å². The number of nitrogens with zero attached hydrogens (tertiary/aromatic N) is 4. The van der Waals surface area contributed by atoms with Crippen molar-refractivity contribution in [2.45, 2.75) is 38.9 Å². The molecule has 2 aromatic rings. The molecule has 0 atom stereocenters. The number of aryl methyl sites for hydroxylation is 2. The lowest BCUT2D eigenvalue weighted by Gasteiger charge is -2.03. The van der Waals surface area contributed by atoms with Crippen LogP contribution in [0.15, 0.2) is 12.3 Å². The second-order valence-electron chi connectivity index (χ2n) is 5.13. The molecule has 0 aromatic carbocycles. The van der Waals surface area contributed by atoms with Crippen molar-refractivity contribution in [3.05, 3.63) is 34.4 Å². The Morgan fingerprint density at radius 2 is 2.21 bits per heavy atom. The minimum absolute atomic E-state index is 0.652. The lowest BCUT2D eigenvalue weighted by molar-refractivity contribution is 0.599. The van der Waals surface area contributed by atoms with Crippen LogP contribution in [-0.4, -0.2) is 25.6 Å². The summed E-state index contributed by atoms with van der Waals surface area (Å²) in [5, 5.41) is 13.1. The molecule has 3 rings (SSSR count). The zero-order valence-corrected chi connectivity index (χ0v) is 12.0. The standard InChI is InChI=1S/C13H18ClN5/c1-9-13(14)12(18(2)16-9)8-19-6-5-11(17-19)7-15-10-3-4-10/h5-6,10,15H,3-4,7-8H2,1-2H3. The Balaban J connectivity index is 1.68. The zero-order chi connectivity index (χ0) is 13.4. The van der Waals surface area contributed by atoms with Crippen LogP contribution in [-0.2, 0) is 20.1 Å². The van der Waals surface area contributed by atoms with E-state index in [1.807, 2.05) is 35.6 Å². The van der Waals surface area contributed by atoms with Gasteiger partial charge in [-0.3, -0.25) is 9.36 Å². The van der Waals surface area contributed by atoms with Crippen LogP contribution >= 0.6 is 11.6 Å². The lowest BCUT2D eigenvalue weighted by atomic mass is 10.3. The van der Waals surface area contributed by atoms with Gasteiger partial charge in [-0.15, -0.1) is 0 Å². The van der Waals surface area contributed by atoms with E-state index in [1.54, 1.807) is 0 Å². The summed E-state index contributed by atoms with van der Waals surface area (Å²) in [6, 6.07) is 2.76. The van der Waals surface area contributed by atoms with Gasteiger partial charge in [0.15, 0.2) is 0 Å². The van der Waals surface area contributed by atoms with Crippen LogP contribution < -0.4 is 5.32 Å². The monoisotopic (exact) mass is 279 g/mol. The molecule has 6 heteroatoms. The fourth-order valence-electron chi connectivity index (χ4n) is 2.13. The van der Waals surface area contributed by atoms with Crippen LogP contribution in [0, 0.1) is 6.92 Å². The van der Waals surface area contributed by atoms with Crippen molar-refractivity contribution in [3.8, 4) is 0 Å². The SMILES string of the molecule is Cc1nn(C)c(Cn2ccc(CNC3CC3)n2)c1Cl. The lowest BCUT2D eigenvalue weighted by Crippen LogP contribution is -2.16. The van der Waals surface area contributed by atoms with Gasteiger partial charge in [0.1, 0.15) is 0 Å². The van der Waals surface area contributed by atoms with Crippen LogP contribution in [0.3, 0.4) is 0 Å². The van der Waals surface area contributed by atoms with Gasteiger partial charge in [-0.1, -0.05) is 11.6 Å². The molecule has 1 N–H and O–H groups in total. The highest BCUT2D eigenvalue weighted by Crippen LogP contribution is 2.21. The van der Waals surface area contributed by atoms with E-state index in [0.717, 1.165) is 28.6 Å². The van der Waals surface area contributed by atoms with Crippen molar-refractivity contribution in [3.63, 3.8) is 0 Å². The second-order valence-corrected chi connectivity index (χ2v) is 5.51. The Hall–Kier alpha value is -1.33. The number of hydrogen-bond donors (Lipinski definition) is 1. The fourth-order valence-corrected chi connectivity index (χ4v) is 2.35. The summed E-state index contributed by atoms with van der Waals surface area (Å²) in [5.74, 6) is 0. The molecule has 0 bridgehead atoms. The highest BCUT2D eigenvalue weighted by Gasteiger charge is 2.20. The molecule has 5 nitrogen and oxygen atoms in total. The van der Waals surface area contributed by atoms with Crippen molar-refractivity contribution in [2.75, 3.05) is 0 Å². The van der Waals surface area contributed by atoms with E-state index in [-0.39, 0.29) is 0 Å². The number of rotatable bonds is 5. The van der Waals surface area contributed by atoms with Gasteiger partial charge >= 0.3 is 0 Å². The minimum atomic E-state index is 0.652. The van der Waals surface area contributed by atoms with E-state index in [9.17, 15) is 0 Å². The maximum atomic E-state index is 6.24. The third-order valence-corrected chi connectivity index (χ3v) is 3.91. The molecule has 0 unspecified atom stereocenters. The summed E-state index contributed by atoms with van der Waals surface area (Å²) in [4.78, 5) is 0. The second kappa shape index (κ2) is 4.98. The molecule has 0 spiro atoms. The van der Waals surface area contributed by atoms with Gasteiger partial charge in [0, 0.05) is 25.8 Å². The first kappa shape index (κ1) is 12.7. The van der Waals surface area contributed by atoms with Crippen LogP contribution in [0.5, 0.6) is 0 Å². The van der Waals surface area contributed by atoms with Gasteiger partial charge in [0.2, 0.25) is 0 Å². The zero-order valence-electron chi connectivity index (χ0n) is 11.2. The average Bonchev–Trinajstić information content (AvgIpc) is 3.06. The number of aromatic nitrogens is 4. The van der Waals surface area contributed by atoms with E-state index in [2.05, 4.69) is 15.5 Å². The van der Waals surface area contributed by atoms with E-state index >= 15 is 0 Å². The summed E-state index contributed by atoms with van der Waals surface area (Å²) < 4.78 is 3.73. The third-order valence-electron chi connectivity index (χ3n) is 3.42. The van der Waals surface area contributed by atoms with E-state index < -0.39 is 0 Å². The molecular weight excluding hydrogens is 262 g/mol. The Bertz CT molecular complexity index is 582. The summed E-state index contributed by atoms with van der Waals surface area (Å²) in [6.07, 6.45) is 4.58. The average molecular weight is 280 g/mol. The van der Waals surface area contributed by atoms with Crippen LogP contribution in [0.1, 0.15) is 29.9 Å². The van der Waals surface area contributed by atoms with Crippen LogP contribution in [0.25, 0.3) is 0 Å². The molecule has 1 saturated carbocycles. The molecule has 0 saturated heterocycles. The van der Waals surface area contributed by atoms with Gasteiger partial charge in [-0.25, -0.2) is 0 Å².